The number of hydrogen-bond acceptors (Lipinski definition) is 3. The summed E-state index contributed by atoms with van der Waals surface area (Å²) in [5.41, 5.74) is -0.147. The first kappa shape index (κ1) is 20.7. The number of anilines is 2. The highest BCUT2D eigenvalue weighted by molar-refractivity contribution is 6.03. The van der Waals surface area contributed by atoms with E-state index in [0.29, 0.717) is 18.0 Å². The van der Waals surface area contributed by atoms with Gasteiger partial charge in [-0.15, -0.1) is 0 Å². The minimum absolute atomic E-state index is 0.00111. The Hall–Kier alpha value is -3.03. The van der Waals surface area contributed by atoms with Crippen LogP contribution in [0.5, 0.6) is 5.75 Å². The molecule has 1 fully saturated rings. The van der Waals surface area contributed by atoms with Crippen molar-refractivity contribution in [1.82, 2.24) is 0 Å². The molecule has 1 atom stereocenters. The van der Waals surface area contributed by atoms with Gasteiger partial charge >= 0.3 is 6.18 Å². The minimum atomic E-state index is -4.49. The van der Waals surface area contributed by atoms with Crippen molar-refractivity contribution in [1.29, 1.82) is 0 Å². The summed E-state index contributed by atoms with van der Waals surface area (Å²) in [5.74, 6) is -0.645. The summed E-state index contributed by atoms with van der Waals surface area (Å²) in [6, 6.07) is 11.4. The number of halogens is 3. The Bertz CT molecular complexity index is 881. The Kier molecular flexibility index (Phi) is 6.10. The van der Waals surface area contributed by atoms with E-state index < -0.39 is 23.6 Å². The van der Waals surface area contributed by atoms with E-state index in [9.17, 15) is 22.8 Å². The van der Waals surface area contributed by atoms with Gasteiger partial charge in [-0.05, 0) is 48.9 Å². The zero-order valence-electron chi connectivity index (χ0n) is 15.8. The maximum Gasteiger partial charge on any atom is 0.416 e. The molecule has 1 N–H and O–H groups in total. The number of nitrogens with one attached hydrogen (secondary N) is 1. The van der Waals surface area contributed by atoms with Crippen LogP contribution in [-0.4, -0.2) is 25.0 Å². The molecule has 2 aromatic carbocycles. The summed E-state index contributed by atoms with van der Waals surface area (Å²) >= 11 is 0. The molecule has 0 aliphatic carbocycles. The van der Waals surface area contributed by atoms with Crippen molar-refractivity contribution in [3.05, 3.63) is 54.1 Å². The van der Waals surface area contributed by atoms with Crippen LogP contribution in [0.3, 0.4) is 0 Å². The first-order chi connectivity index (χ1) is 13.8. The van der Waals surface area contributed by atoms with Gasteiger partial charge in [0.1, 0.15) is 5.75 Å². The molecule has 0 bridgehead atoms. The summed E-state index contributed by atoms with van der Waals surface area (Å²) in [7, 11) is 0. The fraction of sp³-hybridized carbons (Fsp3) is 0.333. The summed E-state index contributed by atoms with van der Waals surface area (Å²) < 4.78 is 44.0. The number of nitrogens with zero attached hydrogens (tertiary/aromatic N) is 1. The highest BCUT2D eigenvalue weighted by Crippen LogP contribution is 2.31. The molecule has 1 aliphatic rings. The third-order valence-corrected chi connectivity index (χ3v) is 4.57. The average Bonchev–Trinajstić information content (AvgIpc) is 3.08. The molecular formula is C21H21F3N2O3. The molecule has 0 saturated carbocycles. The molecular weight excluding hydrogens is 385 g/mol. The van der Waals surface area contributed by atoms with Crippen LogP contribution in [0.2, 0.25) is 0 Å². The Balaban J connectivity index is 1.64. The van der Waals surface area contributed by atoms with Gasteiger partial charge in [0.25, 0.3) is 0 Å². The number of hydrogen-bond donors (Lipinski definition) is 1. The Labute approximate surface area is 166 Å². The molecule has 0 aromatic heterocycles. The number of ether oxygens (including phenoxy) is 1. The van der Waals surface area contributed by atoms with Crippen LogP contribution < -0.4 is 15.0 Å². The fourth-order valence-corrected chi connectivity index (χ4v) is 3.09. The zero-order chi connectivity index (χ0) is 21.0. The quantitative estimate of drug-likeness (QED) is 0.769. The van der Waals surface area contributed by atoms with Gasteiger partial charge in [0.2, 0.25) is 11.8 Å². The molecule has 2 amide bonds. The topological polar surface area (TPSA) is 58.6 Å². The van der Waals surface area contributed by atoms with Crippen LogP contribution in [0.25, 0.3) is 0 Å². The van der Waals surface area contributed by atoms with Crippen molar-refractivity contribution >= 4 is 23.2 Å². The number of carbonyl (C=O) groups is 2. The van der Waals surface area contributed by atoms with E-state index in [1.807, 2.05) is 6.92 Å². The lowest BCUT2D eigenvalue weighted by Gasteiger charge is -2.17. The molecule has 1 aliphatic heterocycles. The SMILES string of the molecule is CCCOc1ccc(N2C[C@H](C(=O)Nc3cccc(C(F)(F)F)c3)CC2=O)cc1. The van der Waals surface area contributed by atoms with E-state index in [2.05, 4.69) is 5.32 Å². The van der Waals surface area contributed by atoms with Gasteiger partial charge in [-0.3, -0.25) is 9.59 Å². The van der Waals surface area contributed by atoms with Gasteiger partial charge in [0, 0.05) is 24.3 Å². The summed E-state index contributed by atoms with van der Waals surface area (Å²) in [6.07, 6.45) is -3.61. The number of benzene rings is 2. The third-order valence-electron chi connectivity index (χ3n) is 4.57. The second-order valence-electron chi connectivity index (χ2n) is 6.82. The van der Waals surface area contributed by atoms with E-state index in [-0.39, 0.29) is 24.6 Å². The molecule has 29 heavy (non-hydrogen) atoms. The predicted octanol–water partition coefficient (Wildman–Crippen LogP) is 4.49. The monoisotopic (exact) mass is 406 g/mol. The Morgan fingerprint density at radius 3 is 2.59 bits per heavy atom. The van der Waals surface area contributed by atoms with Crippen molar-refractivity contribution in [3.63, 3.8) is 0 Å². The van der Waals surface area contributed by atoms with Crippen LogP contribution >= 0.6 is 0 Å². The number of amides is 2. The fourth-order valence-electron chi connectivity index (χ4n) is 3.09. The van der Waals surface area contributed by atoms with Gasteiger partial charge in [0.05, 0.1) is 18.1 Å². The number of rotatable bonds is 6. The first-order valence-corrected chi connectivity index (χ1v) is 9.29. The second kappa shape index (κ2) is 8.55. The van der Waals surface area contributed by atoms with Crippen molar-refractivity contribution in [2.75, 3.05) is 23.4 Å². The van der Waals surface area contributed by atoms with E-state index >= 15 is 0 Å². The minimum Gasteiger partial charge on any atom is -0.494 e. The summed E-state index contributed by atoms with van der Waals surface area (Å²) in [6.45, 7) is 2.76. The zero-order valence-corrected chi connectivity index (χ0v) is 15.8. The van der Waals surface area contributed by atoms with E-state index in [0.717, 1.165) is 18.6 Å². The molecule has 0 radical (unpaired) electrons. The largest absolute Gasteiger partial charge is 0.494 e. The van der Waals surface area contributed by atoms with Crippen molar-refractivity contribution in [2.24, 2.45) is 5.92 Å². The lowest BCUT2D eigenvalue weighted by Crippen LogP contribution is -2.28. The van der Waals surface area contributed by atoms with Crippen molar-refractivity contribution in [2.45, 2.75) is 25.9 Å². The van der Waals surface area contributed by atoms with E-state index in [1.165, 1.54) is 17.0 Å². The Morgan fingerprint density at radius 2 is 1.93 bits per heavy atom. The van der Waals surface area contributed by atoms with Gasteiger partial charge in [0.15, 0.2) is 0 Å². The molecule has 8 heteroatoms. The predicted molar refractivity (Wildman–Crippen MR) is 103 cm³/mol. The van der Waals surface area contributed by atoms with Crippen LogP contribution in [0.1, 0.15) is 25.3 Å². The maximum atomic E-state index is 12.8. The van der Waals surface area contributed by atoms with E-state index in [4.69, 9.17) is 4.74 Å². The van der Waals surface area contributed by atoms with Crippen molar-refractivity contribution in [3.8, 4) is 5.75 Å². The van der Waals surface area contributed by atoms with Crippen LogP contribution in [0.15, 0.2) is 48.5 Å². The van der Waals surface area contributed by atoms with Crippen LogP contribution in [-0.2, 0) is 15.8 Å². The lowest BCUT2D eigenvalue weighted by molar-refractivity contribution is -0.137. The smallest absolute Gasteiger partial charge is 0.416 e. The summed E-state index contributed by atoms with van der Waals surface area (Å²) in [5, 5.41) is 2.48. The molecule has 154 valence electrons. The van der Waals surface area contributed by atoms with Gasteiger partial charge in [-0.1, -0.05) is 13.0 Å². The molecule has 0 spiro atoms. The summed E-state index contributed by atoms with van der Waals surface area (Å²) in [4.78, 5) is 26.3. The van der Waals surface area contributed by atoms with Crippen LogP contribution in [0.4, 0.5) is 24.5 Å². The van der Waals surface area contributed by atoms with Gasteiger partial charge < -0.3 is 15.0 Å². The Morgan fingerprint density at radius 1 is 1.21 bits per heavy atom. The van der Waals surface area contributed by atoms with Gasteiger partial charge in [-0.2, -0.15) is 13.2 Å². The van der Waals surface area contributed by atoms with Crippen molar-refractivity contribution < 1.29 is 27.5 Å². The lowest BCUT2D eigenvalue weighted by atomic mass is 10.1. The second-order valence-corrected chi connectivity index (χ2v) is 6.82. The average molecular weight is 406 g/mol. The molecule has 0 unspecified atom stereocenters. The number of carbonyl (C=O) groups excluding carboxylic acids is 2. The normalized spacial score (nSPS) is 16.8. The van der Waals surface area contributed by atoms with Crippen LogP contribution in [0, 0.1) is 5.92 Å². The molecule has 3 rings (SSSR count). The first-order valence-electron chi connectivity index (χ1n) is 9.29. The van der Waals surface area contributed by atoms with Gasteiger partial charge in [-0.25, -0.2) is 0 Å². The molecule has 1 heterocycles. The maximum absolute atomic E-state index is 12.8. The highest BCUT2D eigenvalue weighted by atomic mass is 19.4. The molecule has 5 nitrogen and oxygen atoms in total. The van der Waals surface area contributed by atoms with E-state index in [1.54, 1.807) is 24.3 Å². The highest BCUT2D eigenvalue weighted by Gasteiger charge is 2.35. The number of alkyl halides is 3. The molecule has 2 aromatic rings. The standard InChI is InChI=1S/C21H21F3N2O3/c1-2-10-29-18-8-6-17(7-9-18)26-13-14(11-19(26)27)20(28)25-16-5-3-4-15(12-16)21(22,23)24/h3-9,12,14H,2,10-11,13H2,1H3,(H,25,28)/t14-/m1/s1. The third kappa shape index (κ3) is 5.07. The molecule has 1 saturated heterocycles.